The molecule has 0 amide bonds. The lowest BCUT2D eigenvalue weighted by atomic mass is 10.2. The maximum Gasteiger partial charge on any atom is 0.202 e. The monoisotopic (exact) mass is 294 g/mol. The first-order chi connectivity index (χ1) is 9.60. The lowest BCUT2D eigenvalue weighted by molar-refractivity contribution is 0.178. The molecule has 0 aliphatic heterocycles. The van der Waals surface area contributed by atoms with Gasteiger partial charge >= 0.3 is 0 Å². The Morgan fingerprint density at radius 1 is 1.40 bits per heavy atom. The Balaban J connectivity index is 1.99. The molecule has 0 bridgehead atoms. The van der Waals surface area contributed by atoms with Gasteiger partial charge in [-0.25, -0.2) is 15.0 Å². The minimum absolute atomic E-state index is 0.323. The Kier molecular flexibility index (Phi) is 4.80. The second kappa shape index (κ2) is 6.58. The fourth-order valence-corrected chi connectivity index (χ4v) is 2.21. The van der Waals surface area contributed by atoms with Crippen LogP contribution in [0.2, 0.25) is 0 Å². The van der Waals surface area contributed by atoms with Crippen molar-refractivity contribution in [2.45, 2.75) is 32.9 Å². The van der Waals surface area contributed by atoms with E-state index in [2.05, 4.69) is 38.5 Å². The first-order valence-corrected chi connectivity index (χ1v) is 7.04. The summed E-state index contributed by atoms with van der Waals surface area (Å²) in [6, 6.07) is 0. The molecule has 2 aromatic heterocycles. The molecule has 20 heavy (non-hydrogen) atoms. The van der Waals surface area contributed by atoms with E-state index >= 15 is 0 Å². The molecular weight excluding hydrogens is 276 g/mol. The third-order valence-electron chi connectivity index (χ3n) is 2.61. The van der Waals surface area contributed by atoms with Crippen LogP contribution in [-0.4, -0.2) is 26.4 Å². The number of hydrogen-bond donors (Lipinski definition) is 2. The van der Waals surface area contributed by atoms with E-state index in [-0.39, 0.29) is 0 Å². The molecule has 0 aliphatic carbocycles. The van der Waals surface area contributed by atoms with Crippen LogP contribution in [0.15, 0.2) is 6.20 Å². The van der Waals surface area contributed by atoms with Crippen molar-refractivity contribution in [3.05, 3.63) is 23.4 Å². The number of ether oxygens (including phenoxy) is 1. The van der Waals surface area contributed by atoms with Crippen molar-refractivity contribution >= 4 is 22.5 Å². The quantitative estimate of drug-likeness (QED) is 0.838. The summed E-state index contributed by atoms with van der Waals surface area (Å²) in [5.74, 6) is 2.20. The van der Waals surface area contributed by atoms with E-state index in [1.54, 1.807) is 13.3 Å². The van der Waals surface area contributed by atoms with E-state index in [4.69, 9.17) is 10.5 Å². The number of anilines is 2. The molecule has 2 rings (SSSR count). The normalized spacial score (nSPS) is 11.0. The van der Waals surface area contributed by atoms with Gasteiger partial charge in [0.1, 0.15) is 18.2 Å². The van der Waals surface area contributed by atoms with Gasteiger partial charge in [-0.3, -0.25) is 0 Å². The van der Waals surface area contributed by atoms with Gasteiger partial charge in [0.15, 0.2) is 5.82 Å². The van der Waals surface area contributed by atoms with Crippen LogP contribution in [0, 0.1) is 0 Å². The molecule has 0 aliphatic rings. The maximum atomic E-state index is 5.89. The third-order valence-corrected chi connectivity index (χ3v) is 3.30. The second-order valence-corrected chi connectivity index (χ2v) is 5.35. The number of aromatic nitrogens is 4. The number of nitrogens with zero attached hydrogens (tertiary/aromatic N) is 4. The number of rotatable bonds is 6. The van der Waals surface area contributed by atoms with Gasteiger partial charge in [0.05, 0.1) is 0 Å². The summed E-state index contributed by atoms with van der Waals surface area (Å²) in [5, 5.41) is 3.95. The zero-order chi connectivity index (χ0) is 14.5. The second-order valence-electron chi connectivity index (χ2n) is 4.60. The molecule has 0 saturated carbocycles. The first-order valence-electron chi connectivity index (χ1n) is 6.26. The van der Waals surface area contributed by atoms with Gasteiger partial charge in [-0.15, -0.1) is 0 Å². The lowest BCUT2D eigenvalue weighted by Crippen LogP contribution is -2.08. The van der Waals surface area contributed by atoms with Crippen molar-refractivity contribution in [2.24, 2.45) is 0 Å². The molecule has 3 N–H and O–H groups in total. The zero-order valence-electron chi connectivity index (χ0n) is 11.8. The van der Waals surface area contributed by atoms with Crippen molar-refractivity contribution in [3.8, 4) is 0 Å². The maximum absolute atomic E-state index is 5.89. The summed E-state index contributed by atoms with van der Waals surface area (Å²) in [5.41, 5.74) is 6.72. The Morgan fingerprint density at radius 3 is 2.80 bits per heavy atom. The fourth-order valence-electron chi connectivity index (χ4n) is 1.51. The van der Waals surface area contributed by atoms with Gasteiger partial charge in [-0.2, -0.15) is 4.37 Å². The number of nitrogens with one attached hydrogen (secondary N) is 1. The van der Waals surface area contributed by atoms with Crippen molar-refractivity contribution in [2.75, 3.05) is 18.2 Å². The summed E-state index contributed by atoms with van der Waals surface area (Å²) in [6.45, 7) is 5.00. The van der Waals surface area contributed by atoms with Gasteiger partial charge in [0.2, 0.25) is 5.13 Å². The third kappa shape index (κ3) is 3.61. The van der Waals surface area contributed by atoms with Crippen LogP contribution < -0.4 is 11.1 Å². The van der Waals surface area contributed by atoms with E-state index < -0.39 is 0 Å². The molecule has 2 heterocycles. The van der Waals surface area contributed by atoms with Crippen LogP contribution >= 0.6 is 11.5 Å². The van der Waals surface area contributed by atoms with Crippen molar-refractivity contribution in [1.29, 1.82) is 0 Å². The number of nitrogen functional groups attached to an aromatic ring is 1. The predicted octanol–water partition coefficient (Wildman–Crippen LogP) is 1.79. The zero-order valence-corrected chi connectivity index (χ0v) is 12.6. The molecule has 7 nitrogen and oxygen atoms in total. The highest BCUT2D eigenvalue weighted by Crippen LogP contribution is 2.18. The summed E-state index contributed by atoms with van der Waals surface area (Å²) < 4.78 is 9.24. The average Bonchev–Trinajstić information content (AvgIpc) is 2.87. The van der Waals surface area contributed by atoms with Crippen molar-refractivity contribution in [3.63, 3.8) is 0 Å². The van der Waals surface area contributed by atoms with Crippen LogP contribution in [0.3, 0.4) is 0 Å². The van der Waals surface area contributed by atoms with Gasteiger partial charge in [0, 0.05) is 42.9 Å². The van der Waals surface area contributed by atoms with Gasteiger partial charge in [-0.1, -0.05) is 13.8 Å². The molecule has 108 valence electrons. The molecule has 2 aromatic rings. The molecular formula is C12H18N6OS. The smallest absolute Gasteiger partial charge is 0.202 e. The highest BCUT2D eigenvalue weighted by molar-refractivity contribution is 7.09. The van der Waals surface area contributed by atoms with Crippen LogP contribution in [0.1, 0.15) is 37.0 Å². The lowest BCUT2D eigenvalue weighted by Gasteiger charge is -2.06. The van der Waals surface area contributed by atoms with Gasteiger partial charge in [0.25, 0.3) is 0 Å². The average molecular weight is 294 g/mol. The highest BCUT2D eigenvalue weighted by atomic mass is 32.1. The van der Waals surface area contributed by atoms with E-state index in [9.17, 15) is 0 Å². The molecule has 0 spiro atoms. The van der Waals surface area contributed by atoms with Crippen LogP contribution in [0.25, 0.3) is 0 Å². The SMILES string of the molecule is COCc1ncc(CNc2nc(C(C)C)ns2)c(N)n1. The number of nitrogens with two attached hydrogens (primary N) is 1. The van der Waals surface area contributed by atoms with E-state index in [0.29, 0.717) is 30.7 Å². The highest BCUT2D eigenvalue weighted by Gasteiger charge is 2.09. The largest absolute Gasteiger partial charge is 0.383 e. The summed E-state index contributed by atoms with van der Waals surface area (Å²) >= 11 is 1.34. The van der Waals surface area contributed by atoms with Gasteiger partial charge in [-0.05, 0) is 0 Å². The fraction of sp³-hybridized carbons (Fsp3) is 0.500. The molecule has 0 unspecified atom stereocenters. The Bertz CT molecular complexity index is 571. The molecule has 0 radical (unpaired) electrons. The molecule has 8 heteroatoms. The first kappa shape index (κ1) is 14.6. The number of hydrogen-bond acceptors (Lipinski definition) is 8. The molecule has 0 atom stereocenters. The van der Waals surface area contributed by atoms with Crippen molar-refractivity contribution in [1.82, 2.24) is 19.3 Å². The van der Waals surface area contributed by atoms with Crippen LogP contribution in [0.4, 0.5) is 10.9 Å². The van der Waals surface area contributed by atoms with E-state index in [1.165, 1.54) is 11.5 Å². The molecule has 0 fully saturated rings. The predicted molar refractivity (Wildman–Crippen MR) is 78.5 cm³/mol. The van der Waals surface area contributed by atoms with E-state index in [0.717, 1.165) is 16.5 Å². The minimum Gasteiger partial charge on any atom is -0.383 e. The Morgan fingerprint density at radius 2 is 2.20 bits per heavy atom. The summed E-state index contributed by atoms with van der Waals surface area (Å²) in [6.07, 6.45) is 1.70. The van der Waals surface area contributed by atoms with Gasteiger partial charge < -0.3 is 15.8 Å². The molecule has 0 saturated heterocycles. The summed E-state index contributed by atoms with van der Waals surface area (Å²) in [4.78, 5) is 12.8. The van der Waals surface area contributed by atoms with Crippen molar-refractivity contribution < 1.29 is 4.74 Å². The topological polar surface area (TPSA) is 98.8 Å². The standard InChI is InChI=1S/C12H18N6OS/c1-7(2)11-17-12(20-18-11)15-5-8-4-14-9(6-19-3)16-10(8)13/h4,7H,5-6H2,1-3H3,(H2,13,14,16)(H,15,17,18). The molecule has 0 aromatic carbocycles. The number of methoxy groups -OCH3 is 1. The minimum atomic E-state index is 0.323. The summed E-state index contributed by atoms with van der Waals surface area (Å²) in [7, 11) is 1.59. The van der Waals surface area contributed by atoms with E-state index in [1.807, 2.05) is 0 Å². The Labute approximate surface area is 121 Å². The Hall–Kier alpha value is -1.80. The van der Waals surface area contributed by atoms with Crippen LogP contribution in [0.5, 0.6) is 0 Å². The van der Waals surface area contributed by atoms with Crippen LogP contribution in [-0.2, 0) is 17.9 Å².